The molecule has 1 N–H and O–H groups in total. The van der Waals surface area contributed by atoms with E-state index < -0.39 is 0 Å². The van der Waals surface area contributed by atoms with Gasteiger partial charge in [0.1, 0.15) is 0 Å². The highest BCUT2D eigenvalue weighted by Crippen LogP contribution is 2.32. The molecule has 2 heterocycles. The maximum atomic E-state index is 6.15. The van der Waals surface area contributed by atoms with Gasteiger partial charge in [-0.15, -0.1) is 11.8 Å². The van der Waals surface area contributed by atoms with Crippen molar-refractivity contribution in [1.29, 1.82) is 0 Å². The Balaban J connectivity index is 1.54. The van der Waals surface area contributed by atoms with E-state index in [0.717, 1.165) is 46.5 Å². The van der Waals surface area contributed by atoms with Crippen LogP contribution in [0.2, 0.25) is 5.02 Å². The largest absolute Gasteiger partial charge is 0.336 e. The molecular weight excluding hydrogens is 406 g/mol. The minimum atomic E-state index is 0.450. The zero-order valence-corrected chi connectivity index (χ0v) is 18.9. The van der Waals surface area contributed by atoms with Crippen molar-refractivity contribution in [3.05, 3.63) is 58.9 Å². The monoisotopic (exact) mass is 433 g/mol. The van der Waals surface area contributed by atoms with Crippen molar-refractivity contribution in [2.45, 2.75) is 50.8 Å². The third-order valence-electron chi connectivity index (χ3n) is 5.34. The summed E-state index contributed by atoms with van der Waals surface area (Å²) in [5.41, 5.74) is 3.50. The number of anilines is 1. The average Bonchev–Trinajstić information content (AvgIpc) is 3.17. The minimum Gasteiger partial charge on any atom is -0.336 e. The molecule has 2 atom stereocenters. The molecule has 3 nitrogen and oxygen atoms in total. The number of halogens is 1. The van der Waals surface area contributed by atoms with Crippen molar-refractivity contribution in [2.24, 2.45) is 0 Å². The molecule has 28 heavy (non-hydrogen) atoms. The Kier molecular flexibility index (Phi) is 8.00. The zero-order chi connectivity index (χ0) is 19.9. The van der Waals surface area contributed by atoms with E-state index in [1.54, 1.807) is 0 Å². The van der Waals surface area contributed by atoms with Crippen molar-refractivity contribution < 1.29 is 0 Å². The van der Waals surface area contributed by atoms with Gasteiger partial charge in [0.2, 0.25) is 0 Å². The van der Waals surface area contributed by atoms with Crippen molar-refractivity contribution in [3.63, 3.8) is 0 Å². The lowest BCUT2D eigenvalue weighted by atomic mass is 9.92. The van der Waals surface area contributed by atoms with Crippen LogP contribution >= 0.6 is 35.6 Å². The first kappa shape index (κ1) is 21.4. The molecule has 1 aromatic carbocycles. The second kappa shape index (κ2) is 10.5. The number of aromatic nitrogens is 1. The third kappa shape index (κ3) is 5.62. The fourth-order valence-corrected chi connectivity index (χ4v) is 5.54. The van der Waals surface area contributed by atoms with Gasteiger partial charge < -0.3 is 10.2 Å². The van der Waals surface area contributed by atoms with Gasteiger partial charge in [0.05, 0.1) is 5.37 Å². The van der Waals surface area contributed by atoms with Crippen molar-refractivity contribution in [3.8, 4) is 0 Å². The summed E-state index contributed by atoms with van der Waals surface area (Å²) in [7, 11) is 0. The zero-order valence-electron chi connectivity index (χ0n) is 16.5. The van der Waals surface area contributed by atoms with Crippen LogP contribution in [0.3, 0.4) is 0 Å². The van der Waals surface area contributed by atoms with E-state index in [4.69, 9.17) is 23.8 Å². The van der Waals surface area contributed by atoms with Gasteiger partial charge in [0, 0.05) is 35.4 Å². The van der Waals surface area contributed by atoms with Crippen LogP contribution in [-0.2, 0) is 0 Å². The van der Waals surface area contributed by atoms with Crippen molar-refractivity contribution in [1.82, 2.24) is 9.88 Å². The number of thioether (sulfide) groups is 1. The van der Waals surface area contributed by atoms with E-state index in [0.29, 0.717) is 11.3 Å². The SMILES string of the molecule is CCC(CCCC1SCCN1C(=S)Nc1cc(Cl)ccc1C)c1cccnc1. The first-order valence-electron chi connectivity index (χ1n) is 9.93. The van der Waals surface area contributed by atoms with Gasteiger partial charge in [0.25, 0.3) is 0 Å². The molecule has 2 aromatic rings. The second-order valence-electron chi connectivity index (χ2n) is 7.23. The Morgan fingerprint density at radius 2 is 2.29 bits per heavy atom. The fourth-order valence-electron chi connectivity index (χ4n) is 3.67. The van der Waals surface area contributed by atoms with Gasteiger partial charge in [-0.05, 0) is 80.1 Å². The predicted octanol–water partition coefficient (Wildman–Crippen LogP) is 6.48. The Hall–Kier alpha value is -1.30. The van der Waals surface area contributed by atoms with E-state index in [-0.39, 0.29) is 0 Å². The maximum absolute atomic E-state index is 6.15. The van der Waals surface area contributed by atoms with Crippen LogP contribution in [0.15, 0.2) is 42.7 Å². The molecule has 1 saturated heterocycles. The van der Waals surface area contributed by atoms with E-state index in [9.17, 15) is 0 Å². The lowest BCUT2D eigenvalue weighted by Gasteiger charge is -2.27. The Labute approximate surface area is 183 Å². The Bertz CT molecular complexity index is 785. The quantitative estimate of drug-likeness (QED) is 0.504. The highest BCUT2D eigenvalue weighted by Gasteiger charge is 2.27. The summed E-state index contributed by atoms with van der Waals surface area (Å²) >= 11 is 13.9. The van der Waals surface area contributed by atoms with E-state index >= 15 is 0 Å². The van der Waals surface area contributed by atoms with Crippen LogP contribution in [0.4, 0.5) is 5.69 Å². The summed E-state index contributed by atoms with van der Waals surface area (Å²) in [6.07, 6.45) is 8.55. The number of nitrogens with zero attached hydrogens (tertiary/aromatic N) is 2. The average molecular weight is 434 g/mol. The smallest absolute Gasteiger partial charge is 0.174 e. The fraction of sp³-hybridized carbons (Fsp3) is 0.455. The normalized spacial score (nSPS) is 17.5. The van der Waals surface area contributed by atoms with Crippen LogP contribution in [0.1, 0.15) is 49.7 Å². The van der Waals surface area contributed by atoms with Crippen LogP contribution in [0.5, 0.6) is 0 Å². The molecule has 0 saturated carbocycles. The highest BCUT2D eigenvalue weighted by atomic mass is 35.5. The van der Waals surface area contributed by atoms with Crippen molar-refractivity contribution in [2.75, 3.05) is 17.6 Å². The predicted molar refractivity (Wildman–Crippen MR) is 126 cm³/mol. The van der Waals surface area contributed by atoms with E-state index in [2.05, 4.69) is 35.1 Å². The van der Waals surface area contributed by atoms with Gasteiger partial charge >= 0.3 is 0 Å². The number of hydrogen-bond donors (Lipinski definition) is 1. The van der Waals surface area contributed by atoms with Crippen LogP contribution in [0.25, 0.3) is 0 Å². The lowest BCUT2D eigenvalue weighted by Crippen LogP contribution is -2.38. The number of aryl methyl sites for hydroxylation is 1. The van der Waals surface area contributed by atoms with Crippen molar-refractivity contribution >= 4 is 46.4 Å². The standard InChI is InChI=1S/C22H28ClN3S2/c1-3-17(18-7-5-11-24-15-18)6-4-8-21-26(12-13-28-21)22(27)25-20-14-19(23)10-9-16(20)2/h5,7,9-11,14-15,17,21H,3-4,6,8,12-13H2,1-2H3,(H,25,27). The van der Waals surface area contributed by atoms with Gasteiger partial charge in [-0.3, -0.25) is 4.98 Å². The van der Waals surface area contributed by atoms with E-state index in [1.165, 1.54) is 18.4 Å². The van der Waals surface area contributed by atoms with Gasteiger partial charge in [-0.25, -0.2) is 0 Å². The molecule has 1 aliphatic rings. The molecule has 6 heteroatoms. The molecule has 0 radical (unpaired) electrons. The lowest BCUT2D eigenvalue weighted by molar-refractivity contribution is 0.408. The molecule has 150 valence electrons. The summed E-state index contributed by atoms with van der Waals surface area (Å²) in [6, 6.07) is 10.1. The molecule has 0 bridgehead atoms. The number of benzene rings is 1. The summed E-state index contributed by atoms with van der Waals surface area (Å²) in [6.45, 7) is 5.34. The molecule has 2 unspecified atom stereocenters. The molecule has 0 spiro atoms. The summed E-state index contributed by atoms with van der Waals surface area (Å²) in [5.74, 6) is 1.72. The Morgan fingerprint density at radius 3 is 3.04 bits per heavy atom. The first-order valence-corrected chi connectivity index (χ1v) is 11.8. The van der Waals surface area contributed by atoms with Crippen LogP contribution in [0, 0.1) is 6.92 Å². The molecule has 3 rings (SSSR count). The summed E-state index contributed by atoms with van der Waals surface area (Å²) in [5, 5.41) is 5.39. The molecular formula is C22H28ClN3S2. The highest BCUT2D eigenvalue weighted by molar-refractivity contribution is 8.00. The molecule has 1 aliphatic heterocycles. The number of hydrogen-bond acceptors (Lipinski definition) is 3. The summed E-state index contributed by atoms with van der Waals surface area (Å²) < 4.78 is 0. The van der Waals surface area contributed by atoms with Crippen LogP contribution in [-0.4, -0.2) is 32.7 Å². The van der Waals surface area contributed by atoms with Gasteiger partial charge in [-0.1, -0.05) is 30.7 Å². The number of nitrogens with one attached hydrogen (secondary N) is 1. The summed E-state index contributed by atoms with van der Waals surface area (Å²) in [4.78, 5) is 6.62. The second-order valence-corrected chi connectivity index (χ2v) is 9.34. The topological polar surface area (TPSA) is 28.2 Å². The van der Waals surface area contributed by atoms with Gasteiger partial charge in [-0.2, -0.15) is 0 Å². The number of pyridine rings is 1. The maximum Gasteiger partial charge on any atom is 0.174 e. The van der Waals surface area contributed by atoms with Crippen LogP contribution < -0.4 is 5.32 Å². The first-order chi connectivity index (χ1) is 13.6. The molecule has 0 aliphatic carbocycles. The number of rotatable bonds is 7. The molecule has 1 fully saturated rings. The van der Waals surface area contributed by atoms with E-state index in [1.807, 2.05) is 48.4 Å². The molecule has 0 amide bonds. The third-order valence-corrected chi connectivity index (χ3v) is 7.21. The molecule has 1 aromatic heterocycles. The van der Waals surface area contributed by atoms with Gasteiger partial charge in [0.15, 0.2) is 5.11 Å². The Morgan fingerprint density at radius 1 is 1.43 bits per heavy atom. The number of thiocarbonyl (C=S) groups is 1. The minimum absolute atomic E-state index is 0.450.